The molecule has 2 fully saturated rings. The Morgan fingerprint density at radius 2 is 2.17 bits per heavy atom. The topological polar surface area (TPSA) is 46.3 Å². The fourth-order valence-corrected chi connectivity index (χ4v) is 3.87. The van der Waals surface area contributed by atoms with Gasteiger partial charge in [-0.25, -0.2) is 0 Å². The van der Waals surface area contributed by atoms with Gasteiger partial charge in [0.25, 0.3) is 0 Å². The molecule has 3 unspecified atom stereocenters. The first-order chi connectivity index (χ1) is 8.61. The molecule has 0 aromatic heterocycles. The molecule has 0 spiro atoms. The molecular weight excluding hydrogens is 224 g/mol. The van der Waals surface area contributed by atoms with Crippen LogP contribution in [0, 0.1) is 17.8 Å². The summed E-state index contributed by atoms with van der Waals surface area (Å²) in [5.74, 6) is 2.73. The summed E-state index contributed by atoms with van der Waals surface area (Å²) in [6.45, 7) is 3.07. The number of carbonyl (C=O) groups excluding carboxylic acids is 1. The van der Waals surface area contributed by atoms with Gasteiger partial charge >= 0.3 is 0 Å². The number of nitrogens with two attached hydrogens (primary N) is 1. The maximum absolute atomic E-state index is 12.1. The van der Waals surface area contributed by atoms with Gasteiger partial charge < -0.3 is 10.6 Å². The van der Waals surface area contributed by atoms with E-state index in [0.29, 0.717) is 0 Å². The third kappa shape index (κ3) is 3.05. The number of hydrogen-bond acceptors (Lipinski definition) is 2. The molecule has 18 heavy (non-hydrogen) atoms. The molecule has 1 amide bonds. The van der Waals surface area contributed by atoms with Gasteiger partial charge in [0.1, 0.15) is 0 Å². The second-order valence-corrected chi connectivity index (χ2v) is 6.40. The van der Waals surface area contributed by atoms with E-state index in [-0.39, 0.29) is 11.9 Å². The lowest BCUT2D eigenvalue weighted by molar-refractivity contribution is -0.132. The van der Waals surface area contributed by atoms with Crippen LogP contribution in [0.25, 0.3) is 0 Å². The summed E-state index contributed by atoms with van der Waals surface area (Å²) in [4.78, 5) is 14.0. The fraction of sp³-hybridized carbons (Fsp3) is 0.933. The van der Waals surface area contributed by atoms with E-state index < -0.39 is 0 Å². The number of unbranched alkanes of at least 4 members (excludes halogenated alkanes) is 1. The van der Waals surface area contributed by atoms with Gasteiger partial charge in [-0.15, -0.1) is 0 Å². The minimum Gasteiger partial charge on any atom is -0.344 e. The molecule has 2 saturated carbocycles. The van der Waals surface area contributed by atoms with Crippen molar-refractivity contribution in [2.24, 2.45) is 23.5 Å². The van der Waals surface area contributed by atoms with Crippen molar-refractivity contribution in [3.63, 3.8) is 0 Å². The Hall–Kier alpha value is -0.570. The maximum Gasteiger partial charge on any atom is 0.239 e. The molecular formula is C15H28N2O. The van der Waals surface area contributed by atoms with E-state index in [4.69, 9.17) is 5.73 Å². The standard InChI is InChI=1S/C15H28N2O/c1-3-4-5-14(16)15(18)17(2)10-13-9-11-6-7-12(13)8-11/h11-14H,3-10,16H2,1-2H3/t11?,12?,13?,14-/m0/s1. The van der Waals surface area contributed by atoms with Gasteiger partial charge in [-0.3, -0.25) is 4.79 Å². The minimum absolute atomic E-state index is 0.145. The molecule has 2 N–H and O–H groups in total. The molecule has 0 saturated heterocycles. The van der Waals surface area contributed by atoms with E-state index in [2.05, 4.69) is 6.92 Å². The van der Waals surface area contributed by atoms with Gasteiger partial charge in [0, 0.05) is 13.6 Å². The van der Waals surface area contributed by atoms with Crippen molar-refractivity contribution < 1.29 is 4.79 Å². The Kier molecular flexibility index (Phi) is 4.66. The average molecular weight is 252 g/mol. The fourth-order valence-electron chi connectivity index (χ4n) is 3.87. The third-order valence-corrected chi connectivity index (χ3v) is 4.96. The smallest absolute Gasteiger partial charge is 0.239 e. The van der Waals surface area contributed by atoms with Gasteiger partial charge in [-0.1, -0.05) is 26.2 Å². The third-order valence-electron chi connectivity index (χ3n) is 4.96. The van der Waals surface area contributed by atoms with E-state index in [1.54, 1.807) is 0 Å². The Morgan fingerprint density at radius 1 is 1.39 bits per heavy atom. The minimum atomic E-state index is -0.284. The maximum atomic E-state index is 12.1. The summed E-state index contributed by atoms with van der Waals surface area (Å²) in [6, 6.07) is -0.284. The number of amides is 1. The van der Waals surface area contributed by atoms with Gasteiger partial charge in [-0.05, 0) is 43.4 Å². The summed E-state index contributed by atoms with van der Waals surface area (Å²) in [5.41, 5.74) is 5.96. The summed E-state index contributed by atoms with van der Waals surface area (Å²) >= 11 is 0. The molecule has 4 atom stereocenters. The van der Waals surface area contributed by atoms with Crippen LogP contribution in [-0.2, 0) is 4.79 Å². The van der Waals surface area contributed by atoms with E-state index in [0.717, 1.165) is 43.6 Å². The van der Waals surface area contributed by atoms with Crippen LogP contribution < -0.4 is 5.73 Å². The molecule has 0 radical (unpaired) electrons. The molecule has 0 aliphatic heterocycles. The lowest BCUT2D eigenvalue weighted by Crippen LogP contribution is -2.44. The van der Waals surface area contributed by atoms with Gasteiger partial charge in [0.05, 0.1) is 6.04 Å². The van der Waals surface area contributed by atoms with Crippen molar-refractivity contribution in [1.82, 2.24) is 4.90 Å². The Labute approximate surface area is 111 Å². The number of hydrogen-bond donors (Lipinski definition) is 1. The molecule has 2 rings (SSSR count). The zero-order chi connectivity index (χ0) is 13.1. The Bertz CT molecular complexity index is 292. The first-order valence-corrected chi connectivity index (χ1v) is 7.62. The molecule has 0 heterocycles. The number of carbonyl (C=O) groups is 1. The Morgan fingerprint density at radius 3 is 2.72 bits per heavy atom. The number of nitrogens with zero attached hydrogens (tertiary/aromatic N) is 1. The van der Waals surface area contributed by atoms with E-state index >= 15 is 0 Å². The highest BCUT2D eigenvalue weighted by Crippen LogP contribution is 2.48. The first kappa shape index (κ1) is 13.9. The summed E-state index contributed by atoms with van der Waals surface area (Å²) in [5, 5.41) is 0. The lowest BCUT2D eigenvalue weighted by atomic mass is 9.88. The first-order valence-electron chi connectivity index (χ1n) is 7.62. The van der Waals surface area contributed by atoms with E-state index in [9.17, 15) is 4.79 Å². The van der Waals surface area contributed by atoms with Crippen molar-refractivity contribution in [3.8, 4) is 0 Å². The van der Waals surface area contributed by atoms with Gasteiger partial charge in [0.2, 0.25) is 5.91 Å². The molecule has 2 bridgehead atoms. The monoisotopic (exact) mass is 252 g/mol. The zero-order valence-corrected chi connectivity index (χ0v) is 11.9. The van der Waals surface area contributed by atoms with Crippen LogP contribution in [0.15, 0.2) is 0 Å². The molecule has 0 aromatic rings. The van der Waals surface area contributed by atoms with Crippen molar-refractivity contribution in [3.05, 3.63) is 0 Å². The van der Waals surface area contributed by atoms with Crippen LogP contribution in [0.5, 0.6) is 0 Å². The highest BCUT2D eigenvalue weighted by molar-refractivity contribution is 5.81. The molecule has 3 nitrogen and oxygen atoms in total. The predicted molar refractivity (Wildman–Crippen MR) is 74.1 cm³/mol. The average Bonchev–Trinajstić information content (AvgIpc) is 2.97. The largest absolute Gasteiger partial charge is 0.344 e. The van der Waals surface area contributed by atoms with Crippen LogP contribution in [-0.4, -0.2) is 30.4 Å². The van der Waals surface area contributed by atoms with Gasteiger partial charge in [0.15, 0.2) is 0 Å². The van der Waals surface area contributed by atoms with Crippen LogP contribution in [0.2, 0.25) is 0 Å². The quantitative estimate of drug-likeness (QED) is 0.789. The van der Waals surface area contributed by atoms with E-state index in [1.165, 1.54) is 25.7 Å². The highest BCUT2D eigenvalue weighted by atomic mass is 16.2. The van der Waals surface area contributed by atoms with Crippen LogP contribution in [0.1, 0.15) is 51.9 Å². The molecule has 2 aliphatic carbocycles. The Balaban J connectivity index is 1.77. The van der Waals surface area contributed by atoms with Crippen LogP contribution in [0.4, 0.5) is 0 Å². The molecule has 3 heteroatoms. The van der Waals surface area contributed by atoms with Crippen LogP contribution >= 0.6 is 0 Å². The van der Waals surface area contributed by atoms with Crippen molar-refractivity contribution in [2.75, 3.05) is 13.6 Å². The van der Waals surface area contributed by atoms with Crippen LogP contribution in [0.3, 0.4) is 0 Å². The number of likely N-dealkylation sites (N-methyl/N-ethyl adjacent to an activating group) is 1. The second kappa shape index (κ2) is 6.05. The highest BCUT2D eigenvalue weighted by Gasteiger charge is 2.40. The van der Waals surface area contributed by atoms with E-state index in [1.807, 2.05) is 11.9 Å². The summed E-state index contributed by atoms with van der Waals surface area (Å²) in [6.07, 6.45) is 8.55. The number of fused-ring (bicyclic) bond motifs is 2. The van der Waals surface area contributed by atoms with Crippen molar-refractivity contribution in [2.45, 2.75) is 57.9 Å². The summed E-state index contributed by atoms with van der Waals surface area (Å²) in [7, 11) is 1.93. The molecule has 2 aliphatic rings. The normalized spacial score (nSPS) is 31.6. The van der Waals surface area contributed by atoms with Crippen molar-refractivity contribution >= 4 is 5.91 Å². The number of rotatable bonds is 6. The SMILES string of the molecule is CCCC[C@H](N)C(=O)N(C)CC1CC2CCC1C2. The predicted octanol–water partition coefficient (Wildman–Crippen LogP) is 2.40. The second-order valence-electron chi connectivity index (χ2n) is 6.40. The van der Waals surface area contributed by atoms with Crippen molar-refractivity contribution in [1.29, 1.82) is 0 Å². The molecule has 0 aromatic carbocycles. The lowest BCUT2D eigenvalue weighted by Gasteiger charge is -2.28. The summed E-state index contributed by atoms with van der Waals surface area (Å²) < 4.78 is 0. The molecule has 104 valence electrons. The zero-order valence-electron chi connectivity index (χ0n) is 11.9. The van der Waals surface area contributed by atoms with Gasteiger partial charge in [-0.2, -0.15) is 0 Å².